The number of anilines is 1. The Morgan fingerprint density at radius 2 is 2.05 bits per heavy atom. The van der Waals surface area contributed by atoms with Gasteiger partial charge in [-0.05, 0) is 31.0 Å². The van der Waals surface area contributed by atoms with Crippen LogP contribution < -0.4 is 5.32 Å². The molecule has 5 nitrogen and oxygen atoms in total. The van der Waals surface area contributed by atoms with Gasteiger partial charge in [-0.25, -0.2) is 0 Å². The molecule has 5 heteroatoms. The van der Waals surface area contributed by atoms with Crippen LogP contribution in [0, 0.1) is 16.0 Å². The molecule has 0 spiro atoms. The zero-order valence-corrected chi connectivity index (χ0v) is 13.6. The van der Waals surface area contributed by atoms with Crippen LogP contribution in [0.2, 0.25) is 0 Å². The summed E-state index contributed by atoms with van der Waals surface area (Å²) in [4.78, 5) is 13.1. The van der Waals surface area contributed by atoms with Crippen molar-refractivity contribution in [2.45, 2.75) is 40.7 Å². The summed E-state index contributed by atoms with van der Waals surface area (Å²) < 4.78 is 0. The minimum atomic E-state index is -0.335. The fourth-order valence-corrected chi connectivity index (χ4v) is 2.31. The first kappa shape index (κ1) is 17.4. The second kappa shape index (κ2) is 8.62. The van der Waals surface area contributed by atoms with E-state index < -0.39 is 0 Å². The Balaban J connectivity index is 2.87. The summed E-state index contributed by atoms with van der Waals surface area (Å²) >= 11 is 0. The normalized spacial score (nSPS) is 12.4. The molecule has 21 heavy (non-hydrogen) atoms. The van der Waals surface area contributed by atoms with E-state index in [0.29, 0.717) is 18.2 Å². The van der Waals surface area contributed by atoms with Crippen molar-refractivity contribution in [1.29, 1.82) is 0 Å². The van der Waals surface area contributed by atoms with Crippen molar-refractivity contribution >= 4 is 11.4 Å². The summed E-state index contributed by atoms with van der Waals surface area (Å²) in [7, 11) is 0. The van der Waals surface area contributed by atoms with Gasteiger partial charge in [-0.2, -0.15) is 0 Å². The largest absolute Gasteiger partial charge is 0.380 e. The van der Waals surface area contributed by atoms with E-state index in [1.54, 1.807) is 6.07 Å². The van der Waals surface area contributed by atoms with Crippen molar-refractivity contribution in [3.8, 4) is 0 Å². The van der Waals surface area contributed by atoms with Crippen LogP contribution in [0.4, 0.5) is 11.4 Å². The summed E-state index contributed by atoms with van der Waals surface area (Å²) in [5, 5.41) is 14.1. The second-order valence-corrected chi connectivity index (χ2v) is 5.48. The van der Waals surface area contributed by atoms with E-state index in [0.717, 1.165) is 25.2 Å². The van der Waals surface area contributed by atoms with Crippen molar-refractivity contribution in [3.63, 3.8) is 0 Å². The first-order valence-electron chi connectivity index (χ1n) is 7.75. The lowest BCUT2D eigenvalue weighted by Gasteiger charge is -2.24. The minimum Gasteiger partial charge on any atom is -0.380 e. The summed E-state index contributed by atoms with van der Waals surface area (Å²) in [6.07, 6.45) is 1.17. The monoisotopic (exact) mass is 293 g/mol. The van der Waals surface area contributed by atoms with Gasteiger partial charge in [0, 0.05) is 25.7 Å². The Labute approximate surface area is 127 Å². The molecule has 118 valence electrons. The molecule has 0 aliphatic carbocycles. The molecule has 0 heterocycles. The van der Waals surface area contributed by atoms with Crippen LogP contribution in [-0.4, -0.2) is 29.5 Å². The standard InChI is InChI=1S/C16H27N3O2/c1-5-13(4)11-18(7-3)12-14-8-9-16(19(20)21)15(10-14)17-6-2/h8-10,13,17H,5-7,11-12H2,1-4H3. The fraction of sp³-hybridized carbons (Fsp3) is 0.625. The Morgan fingerprint density at radius 1 is 1.33 bits per heavy atom. The van der Waals surface area contributed by atoms with E-state index in [9.17, 15) is 10.1 Å². The van der Waals surface area contributed by atoms with Crippen molar-refractivity contribution < 1.29 is 4.92 Å². The SMILES string of the molecule is CCNc1cc(CN(CC)CC(C)CC)ccc1[N+](=O)[O-]. The van der Waals surface area contributed by atoms with Gasteiger partial charge in [0.25, 0.3) is 5.69 Å². The van der Waals surface area contributed by atoms with Crippen molar-refractivity contribution in [1.82, 2.24) is 4.90 Å². The molecule has 1 atom stereocenters. The zero-order chi connectivity index (χ0) is 15.8. The van der Waals surface area contributed by atoms with Gasteiger partial charge < -0.3 is 5.32 Å². The van der Waals surface area contributed by atoms with Crippen LogP contribution in [0.15, 0.2) is 18.2 Å². The average molecular weight is 293 g/mol. The Hall–Kier alpha value is -1.62. The molecule has 0 saturated heterocycles. The van der Waals surface area contributed by atoms with E-state index in [4.69, 9.17) is 0 Å². The highest BCUT2D eigenvalue weighted by Gasteiger charge is 2.15. The molecule has 1 aromatic rings. The molecule has 1 N–H and O–H groups in total. The minimum absolute atomic E-state index is 0.144. The van der Waals surface area contributed by atoms with Gasteiger partial charge in [0.05, 0.1) is 4.92 Å². The molecule has 1 aromatic carbocycles. The molecule has 0 radical (unpaired) electrons. The molecular weight excluding hydrogens is 266 g/mol. The van der Waals surface area contributed by atoms with E-state index in [-0.39, 0.29) is 10.6 Å². The number of rotatable bonds is 9. The van der Waals surface area contributed by atoms with E-state index >= 15 is 0 Å². The summed E-state index contributed by atoms with van der Waals surface area (Å²) in [6.45, 7) is 12.1. The van der Waals surface area contributed by atoms with Crippen LogP contribution in [0.3, 0.4) is 0 Å². The molecule has 0 saturated carbocycles. The van der Waals surface area contributed by atoms with Gasteiger partial charge in [-0.15, -0.1) is 0 Å². The maximum absolute atomic E-state index is 11.0. The highest BCUT2D eigenvalue weighted by Crippen LogP contribution is 2.26. The van der Waals surface area contributed by atoms with Gasteiger partial charge in [-0.3, -0.25) is 15.0 Å². The lowest BCUT2D eigenvalue weighted by molar-refractivity contribution is -0.384. The first-order valence-corrected chi connectivity index (χ1v) is 7.75. The van der Waals surface area contributed by atoms with Crippen LogP contribution in [0.25, 0.3) is 0 Å². The molecule has 0 aliphatic rings. The van der Waals surface area contributed by atoms with E-state index in [1.165, 1.54) is 6.42 Å². The number of hydrogen-bond donors (Lipinski definition) is 1. The first-order chi connectivity index (χ1) is 10.0. The molecule has 0 fully saturated rings. The topological polar surface area (TPSA) is 58.4 Å². The van der Waals surface area contributed by atoms with Gasteiger partial charge in [0.2, 0.25) is 0 Å². The Bertz CT molecular complexity index is 463. The van der Waals surface area contributed by atoms with Crippen molar-refractivity contribution in [2.75, 3.05) is 25.0 Å². The lowest BCUT2D eigenvalue weighted by atomic mass is 10.1. The van der Waals surface area contributed by atoms with Crippen LogP contribution in [-0.2, 0) is 6.54 Å². The van der Waals surface area contributed by atoms with Gasteiger partial charge in [-0.1, -0.05) is 33.3 Å². The quantitative estimate of drug-likeness (QED) is 0.554. The predicted octanol–water partition coefficient (Wildman–Crippen LogP) is 3.89. The van der Waals surface area contributed by atoms with Crippen LogP contribution in [0.1, 0.15) is 39.7 Å². The number of nitro benzene ring substituents is 1. The third kappa shape index (κ3) is 5.34. The van der Waals surface area contributed by atoms with Crippen LogP contribution in [0.5, 0.6) is 0 Å². The third-order valence-corrected chi connectivity index (χ3v) is 3.75. The molecule has 0 bridgehead atoms. The van der Waals surface area contributed by atoms with Crippen LogP contribution >= 0.6 is 0 Å². The summed E-state index contributed by atoms with van der Waals surface area (Å²) in [5.41, 5.74) is 1.87. The molecule has 0 amide bonds. The second-order valence-electron chi connectivity index (χ2n) is 5.48. The maximum atomic E-state index is 11.0. The third-order valence-electron chi connectivity index (χ3n) is 3.75. The fourth-order valence-electron chi connectivity index (χ4n) is 2.31. The van der Waals surface area contributed by atoms with Gasteiger partial charge >= 0.3 is 0 Å². The Morgan fingerprint density at radius 3 is 2.57 bits per heavy atom. The summed E-state index contributed by atoms with van der Waals surface area (Å²) in [5.74, 6) is 0.663. The number of benzene rings is 1. The number of hydrogen-bond acceptors (Lipinski definition) is 4. The molecule has 1 unspecified atom stereocenters. The number of nitro groups is 1. The zero-order valence-electron chi connectivity index (χ0n) is 13.6. The Kier molecular flexibility index (Phi) is 7.15. The summed E-state index contributed by atoms with van der Waals surface area (Å²) in [6, 6.07) is 5.36. The highest BCUT2D eigenvalue weighted by molar-refractivity contribution is 5.62. The molecule has 0 aromatic heterocycles. The highest BCUT2D eigenvalue weighted by atomic mass is 16.6. The lowest BCUT2D eigenvalue weighted by Crippen LogP contribution is -2.27. The number of nitrogens with one attached hydrogen (secondary N) is 1. The van der Waals surface area contributed by atoms with E-state index in [1.807, 2.05) is 19.1 Å². The molecular formula is C16H27N3O2. The molecule has 1 rings (SSSR count). The van der Waals surface area contributed by atoms with Gasteiger partial charge in [0.15, 0.2) is 0 Å². The predicted molar refractivity (Wildman–Crippen MR) is 87.7 cm³/mol. The maximum Gasteiger partial charge on any atom is 0.292 e. The average Bonchev–Trinajstić information content (AvgIpc) is 2.46. The smallest absolute Gasteiger partial charge is 0.292 e. The van der Waals surface area contributed by atoms with E-state index in [2.05, 4.69) is 31.0 Å². The number of nitrogens with zero attached hydrogens (tertiary/aromatic N) is 2. The van der Waals surface area contributed by atoms with Crippen molar-refractivity contribution in [3.05, 3.63) is 33.9 Å². The molecule has 0 aliphatic heterocycles. The van der Waals surface area contributed by atoms with Gasteiger partial charge in [0.1, 0.15) is 5.69 Å². The van der Waals surface area contributed by atoms with Crippen molar-refractivity contribution in [2.24, 2.45) is 5.92 Å².